The predicted molar refractivity (Wildman–Crippen MR) is 110 cm³/mol. The van der Waals surface area contributed by atoms with Gasteiger partial charge in [-0.15, -0.1) is 0 Å². The van der Waals surface area contributed by atoms with Crippen molar-refractivity contribution in [3.8, 4) is 0 Å². The molecule has 0 aliphatic carbocycles. The number of nitrogens with one attached hydrogen (secondary N) is 3. The highest BCUT2D eigenvalue weighted by atomic mass is 32.2. The molecule has 4 amide bonds. The second-order valence-electron chi connectivity index (χ2n) is 6.54. The number of hydrogen-bond acceptors (Lipinski definition) is 4. The van der Waals surface area contributed by atoms with E-state index in [9.17, 15) is 18.0 Å². The Bertz CT molecular complexity index is 963. The normalized spacial score (nSPS) is 15.5. The molecule has 9 heteroatoms. The number of nitrogens with zero attached hydrogens (tertiary/aromatic N) is 1. The van der Waals surface area contributed by atoms with Crippen molar-refractivity contribution < 1.29 is 18.0 Å². The van der Waals surface area contributed by atoms with Crippen molar-refractivity contribution in [3.63, 3.8) is 0 Å². The molecular formula is C19H22N4O4S. The summed E-state index contributed by atoms with van der Waals surface area (Å²) in [7, 11) is -3.05. The number of benzene rings is 2. The minimum absolute atomic E-state index is 0.0271. The third-order valence-electron chi connectivity index (χ3n) is 4.40. The van der Waals surface area contributed by atoms with Crippen LogP contribution >= 0.6 is 0 Å². The van der Waals surface area contributed by atoms with Crippen molar-refractivity contribution in [3.05, 3.63) is 54.1 Å². The van der Waals surface area contributed by atoms with Gasteiger partial charge in [0.15, 0.2) is 9.84 Å². The number of para-hydroxylation sites is 1. The molecule has 0 aromatic heterocycles. The summed E-state index contributed by atoms with van der Waals surface area (Å²) in [6.07, 6.45) is 0. The Morgan fingerprint density at radius 2 is 1.54 bits per heavy atom. The topological polar surface area (TPSA) is 108 Å². The van der Waals surface area contributed by atoms with Crippen molar-refractivity contribution in [2.45, 2.75) is 6.92 Å². The zero-order valence-electron chi connectivity index (χ0n) is 15.4. The Balaban J connectivity index is 1.63. The SMILES string of the molecule is Cc1ccc(NC(=O)Nc2ccccc2)cc1NC(=O)N1CCS(=O)(=O)CC1. The number of carbonyl (C=O) groups excluding carboxylic acids is 2. The van der Waals surface area contributed by atoms with Gasteiger partial charge < -0.3 is 20.9 Å². The monoisotopic (exact) mass is 402 g/mol. The minimum atomic E-state index is -3.05. The maximum absolute atomic E-state index is 12.4. The molecule has 148 valence electrons. The molecule has 1 aliphatic heterocycles. The fourth-order valence-corrected chi connectivity index (χ4v) is 3.96. The third-order valence-corrected chi connectivity index (χ3v) is 6.01. The first-order valence-electron chi connectivity index (χ1n) is 8.82. The van der Waals surface area contributed by atoms with Gasteiger partial charge in [-0.2, -0.15) is 0 Å². The number of aryl methyl sites for hydroxylation is 1. The molecule has 0 bridgehead atoms. The zero-order valence-corrected chi connectivity index (χ0v) is 16.3. The number of sulfone groups is 1. The molecule has 2 aromatic carbocycles. The van der Waals surface area contributed by atoms with Gasteiger partial charge >= 0.3 is 12.1 Å². The fraction of sp³-hybridized carbons (Fsp3) is 0.263. The van der Waals surface area contributed by atoms with Gasteiger partial charge in [0.05, 0.1) is 11.5 Å². The standard InChI is InChI=1S/C19H22N4O4S/c1-14-7-8-16(21-18(24)20-15-5-3-2-4-6-15)13-17(14)22-19(25)23-9-11-28(26,27)12-10-23/h2-8,13H,9-12H2,1H3,(H,22,25)(H2,20,21,24). The molecule has 0 saturated carbocycles. The summed E-state index contributed by atoms with van der Waals surface area (Å²) in [5.74, 6) is -0.0543. The first kappa shape index (κ1) is 19.7. The maximum atomic E-state index is 12.4. The Hall–Kier alpha value is -3.07. The molecule has 0 unspecified atom stereocenters. The predicted octanol–water partition coefficient (Wildman–Crippen LogP) is 2.90. The van der Waals surface area contributed by atoms with Gasteiger partial charge in [-0.05, 0) is 36.8 Å². The summed E-state index contributed by atoms with van der Waals surface area (Å²) >= 11 is 0. The zero-order chi connectivity index (χ0) is 20.1. The highest BCUT2D eigenvalue weighted by Gasteiger charge is 2.25. The Kier molecular flexibility index (Phi) is 5.84. The molecule has 0 spiro atoms. The molecule has 0 radical (unpaired) electrons. The van der Waals surface area contributed by atoms with Crippen LogP contribution in [-0.4, -0.2) is 50.0 Å². The van der Waals surface area contributed by atoms with Gasteiger partial charge in [-0.3, -0.25) is 0 Å². The number of rotatable bonds is 3. The molecule has 2 aromatic rings. The van der Waals surface area contributed by atoms with Crippen LogP contribution in [0.2, 0.25) is 0 Å². The van der Waals surface area contributed by atoms with E-state index in [0.717, 1.165) is 5.56 Å². The van der Waals surface area contributed by atoms with E-state index in [2.05, 4.69) is 16.0 Å². The summed E-state index contributed by atoms with van der Waals surface area (Å²) in [4.78, 5) is 26.0. The smallest absolute Gasteiger partial charge is 0.322 e. The second-order valence-corrected chi connectivity index (χ2v) is 8.85. The van der Waals surface area contributed by atoms with Crippen LogP contribution in [0.25, 0.3) is 0 Å². The lowest BCUT2D eigenvalue weighted by Crippen LogP contribution is -2.45. The van der Waals surface area contributed by atoms with Gasteiger partial charge in [0.25, 0.3) is 0 Å². The van der Waals surface area contributed by atoms with E-state index in [1.54, 1.807) is 30.3 Å². The average molecular weight is 402 g/mol. The molecule has 1 fully saturated rings. The van der Waals surface area contributed by atoms with Crippen molar-refractivity contribution >= 4 is 39.0 Å². The number of carbonyl (C=O) groups is 2. The summed E-state index contributed by atoms with van der Waals surface area (Å²) < 4.78 is 23.0. The average Bonchev–Trinajstić information content (AvgIpc) is 2.65. The first-order chi connectivity index (χ1) is 13.3. The van der Waals surface area contributed by atoms with Crippen molar-refractivity contribution in [1.29, 1.82) is 0 Å². The van der Waals surface area contributed by atoms with Crippen LogP contribution in [0.5, 0.6) is 0 Å². The molecule has 0 atom stereocenters. The van der Waals surface area contributed by atoms with Gasteiger partial charge in [-0.25, -0.2) is 18.0 Å². The van der Waals surface area contributed by atoms with E-state index in [-0.39, 0.29) is 30.6 Å². The summed E-state index contributed by atoms with van der Waals surface area (Å²) in [6, 6.07) is 13.5. The Morgan fingerprint density at radius 3 is 2.21 bits per heavy atom. The lowest BCUT2D eigenvalue weighted by Gasteiger charge is -2.27. The van der Waals surface area contributed by atoms with Crippen molar-refractivity contribution in [1.82, 2.24) is 4.90 Å². The highest BCUT2D eigenvalue weighted by molar-refractivity contribution is 7.91. The van der Waals surface area contributed by atoms with Gasteiger partial charge in [0, 0.05) is 30.2 Å². The number of anilines is 3. The first-order valence-corrected chi connectivity index (χ1v) is 10.6. The van der Waals surface area contributed by atoms with Crippen LogP contribution in [0.3, 0.4) is 0 Å². The summed E-state index contributed by atoms with van der Waals surface area (Å²) in [5, 5.41) is 8.24. The van der Waals surface area contributed by atoms with Crippen LogP contribution in [0.15, 0.2) is 48.5 Å². The van der Waals surface area contributed by atoms with E-state index in [1.165, 1.54) is 4.90 Å². The van der Waals surface area contributed by atoms with Crippen LogP contribution in [0, 0.1) is 6.92 Å². The van der Waals surface area contributed by atoms with Crippen LogP contribution in [-0.2, 0) is 9.84 Å². The van der Waals surface area contributed by atoms with E-state index >= 15 is 0 Å². The van der Waals surface area contributed by atoms with E-state index in [1.807, 2.05) is 25.1 Å². The number of amides is 4. The van der Waals surface area contributed by atoms with Gasteiger partial charge in [0.1, 0.15) is 0 Å². The highest BCUT2D eigenvalue weighted by Crippen LogP contribution is 2.21. The molecule has 8 nitrogen and oxygen atoms in total. The van der Waals surface area contributed by atoms with Crippen molar-refractivity contribution in [2.24, 2.45) is 0 Å². The van der Waals surface area contributed by atoms with Gasteiger partial charge in [-0.1, -0.05) is 24.3 Å². The molecule has 3 N–H and O–H groups in total. The van der Waals surface area contributed by atoms with Crippen LogP contribution in [0.1, 0.15) is 5.56 Å². The van der Waals surface area contributed by atoms with Crippen LogP contribution in [0.4, 0.5) is 26.7 Å². The fourth-order valence-electron chi connectivity index (χ4n) is 2.76. The quantitative estimate of drug-likeness (QED) is 0.734. The second kappa shape index (κ2) is 8.30. The van der Waals surface area contributed by atoms with E-state index in [4.69, 9.17) is 0 Å². The lowest BCUT2D eigenvalue weighted by atomic mass is 10.2. The maximum Gasteiger partial charge on any atom is 0.323 e. The largest absolute Gasteiger partial charge is 0.323 e. The minimum Gasteiger partial charge on any atom is -0.322 e. The molecular weight excluding hydrogens is 380 g/mol. The van der Waals surface area contributed by atoms with E-state index in [0.29, 0.717) is 17.1 Å². The number of urea groups is 2. The number of hydrogen-bond donors (Lipinski definition) is 3. The van der Waals surface area contributed by atoms with Crippen molar-refractivity contribution in [2.75, 3.05) is 40.5 Å². The molecule has 3 rings (SSSR count). The third kappa shape index (κ3) is 5.23. The molecule has 1 heterocycles. The Morgan fingerprint density at radius 1 is 0.893 bits per heavy atom. The van der Waals surface area contributed by atoms with E-state index < -0.39 is 15.9 Å². The van der Waals surface area contributed by atoms with Gasteiger partial charge in [0.2, 0.25) is 0 Å². The molecule has 28 heavy (non-hydrogen) atoms. The summed E-state index contributed by atoms with van der Waals surface area (Å²) in [6.45, 7) is 2.18. The van der Waals surface area contributed by atoms with Crippen LogP contribution < -0.4 is 16.0 Å². The Labute approximate surface area is 163 Å². The summed E-state index contributed by atoms with van der Waals surface area (Å²) in [5.41, 5.74) is 2.57. The lowest BCUT2D eigenvalue weighted by molar-refractivity contribution is 0.216. The molecule has 1 aliphatic rings. The molecule has 1 saturated heterocycles.